The molecular formula is C21H21N3O4. The van der Waals surface area contributed by atoms with E-state index < -0.39 is 0 Å². The lowest BCUT2D eigenvalue weighted by Crippen LogP contribution is -2.36. The maximum Gasteiger partial charge on any atom is 0.311 e. The van der Waals surface area contributed by atoms with Gasteiger partial charge in [0, 0.05) is 13.1 Å². The Morgan fingerprint density at radius 2 is 1.86 bits per heavy atom. The van der Waals surface area contributed by atoms with Crippen molar-refractivity contribution < 1.29 is 18.7 Å². The van der Waals surface area contributed by atoms with Crippen molar-refractivity contribution in [2.24, 2.45) is 0 Å². The molecule has 28 heavy (non-hydrogen) atoms. The Hall–Kier alpha value is -3.35. The molecule has 0 atom stereocenters. The van der Waals surface area contributed by atoms with Gasteiger partial charge in [-0.2, -0.15) is 0 Å². The summed E-state index contributed by atoms with van der Waals surface area (Å²) in [7, 11) is 3.17. The third-order valence-corrected chi connectivity index (χ3v) is 4.87. The van der Waals surface area contributed by atoms with Crippen LogP contribution >= 0.6 is 0 Å². The number of benzene rings is 2. The summed E-state index contributed by atoms with van der Waals surface area (Å²) >= 11 is 0. The molecule has 1 amide bonds. The van der Waals surface area contributed by atoms with Crippen molar-refractivity contribution in [1.29, 1.82) is 0 Å². The fourth-order valence-corrected chi connectivity index (χ4v) is 3.38. The van der Waals surface area contributed by atoms with Crippen molar-refractivity contribution >= 4 is 5.91 Å². The highest BCUT2D eigenvalue weighted by Gasteiger charge is 2.25. The van der Waals surface area contributed by atoms with Gasteiger partial charge in [0.1, 0.15) is 0 Å². The SMILES string of the molecule is COc1ccc(Cc2nnc(C(=O)N3CCc4ccccc4C3)o2)cc1OC. The second kappa shape index (κ2) is 7.72. The molecule has 0 aliphatic carbocycles. The van der Waals surface area contributed by atoms with Gasteiger partial charge in [0.25, 0.3) is 0 Å². The summed E-state index contributed by atoms with van der Waals surface area (Å²) in [5, 5.41) is 7.99. The van der Waals surface area contributed by atoms with Crippen LogP contribution in [-0.4, -0.2) is 41.8 Å². The summed E-state index contributed by atoms with van der Waals surface area (Å²) in [5.41, 5.74) is 3.37. The highest BCUT2D eigenvalue weighted by atomic mass is 16.5. The molecule has 3 aromatic rings. The van der Waals surface area contributed by atoms with E-state index in [1.165, 1.54) is 5.56 Å². The van der Waals surface area contributed by atoms with Crippen molar-refractivity contribution in [2.45, 2.75) is 19.4 Å². The zero-order chi connectivity index (χ0) is 19.5. The fourth-order valence-electron chi connectivity index (χ4n) is 3.38. The normalized spacial score (nSPS) is 13.1. The van der Waals surface area contributed by atoms with E-state index in [0.29, 0.717) is 36.9 Å². The Morgan fingerprint density at radius 3 is 2.64 bits per heavy atom. The molecule has 2 heterocycles. The van der Waals surface area contributed by atoms with E-state index in [-0.39, 0.29) is 11.8 Å². The predicted octanol–water partition coefficient (Wildman–Crippen LogP) is 2.88. The van der Waals surface area contributed by atoms with Gasteiger partial charge in [-0.15, -0.1) is 10.2 Å². The van der Waals surface area contributed by atoms with Gasteiger partial charge in [-0.25, -0.2) is 0 Å². The maximum absolute atomic E-state index is 12.8. The monoisotopic (exact) mass is 379 g/mol. The molecule has 0 saturated heterocycles. The average molecular weight is 379 g/mol. The van der Waals surface area contributed by atoms with E-state index in [2.05, 4.69) is 16.3 Å². The van der Waals surface area contributed by atoms with Crippen LogP contribution in [-0.2, 0) is 19.4 Å². The molecular weight excluding hydrogens is 358 g/mol. The van der Waals surface area contributed by atoms with Gasteiger partial charge >= 0.3 is 11.8 Å². The summed E-state index contributed by atoms with van der Waals surface area (Å²) < 4.78 is 16.2. The predicted molar refractivity (Wildman–Crippen MR) is 102 cm³/mol. The quantitative estimate of drug-likeness (QED) is 0.678. The molecule has 2 aromatic carbocycles. The van der Waals surface area contributed by atoms with Gasteiger partial charge < -0.3 is 18.8 Å². The number of rotatable bonds is 5. The summed E-state index contributed by atoms with van der Waals surface area (Å²) in [4.78, 5) is 14.5. The molecule has 0 radical (unpaired) electrons. The number of methoxy groups -OCH3 is 2. The zero-order valence-corrected chi connectivity index (χ0v) is 15.8. The first kappa shape index (κ1) is 18.0. The number of fused-ring (bicyclic) bond motifs is 1. The van der Waals surface area contributed by atoms with Gasteiger partial charge in [-0.1, -0.05) is 30.3 Å². The van der Waals surface area contributed by atoms with E-state index in [9.17, 15) is 4.79 Å². The maximum atomic E-state index is 12.8. The molecule has 4 rings (SSSR count). The van der Waals surface area contributed by atoms with Crippen molar-refractivity contribution in [1.82, 2.24) is 15.1 Å². The first-order valence-electron chi connectivity index (χ1n) is 9.07. The zero-order valence-electron chi connectivity index (χ0n) is 15.8. The van der Waals surface area contributed by atoms with Gasteiger partial charge in [-0.05, 0) is 35.2 Å². The van der Waals surface area contributed by atoms with Crippen LogP contribution in [0.1, 0.15) is 33.3 Å². The highest BCUT2D eigenvalue weighted by Crippen LogP contribution is 2.28. The number of carbonyl (C=O) groups excluding carboxylic acids is 1. The number of hydrogen-bond donors (Lipinski definition) is 0. The molecule has 0 unspecified atom stereocenters. The lowest BCUT2D eigenvalue weighted by molar-refractivity contribution is 0.0692. The van der Waals surface area contributed by atoms with E-state index in [1.54, 1.807) is 19.1 Å². The number of amides is 1. The second-order valence-corrected chi connectivity index (χ2v) is 6.61. The summed E-state index contributed by atoms with van der Waals surface area (Å²) in [5.74, 6) is 1.45. The molecule has 7 nitrogen and oxygen atoms in total. The van der Waals surface area contributed by atoms with Crippen LogP contribution in [0, 0.1) is 0 Å². The molecule has 0 fully saturated rings. The number of carbonyl (C=O) groups is 1. The second-order valence-electron chi connectivity index (χ2n) is 6.61. The van der Waals surface area contributed by atoms with Crippen LogP contribution < -0.4 is 9.47 Å². The highest BCUT2D eigenvalue weighted by molar-refractivity contribution is 5.89. The molecule has 7 heteroatoms. The molecule has 0 spiro atoms. The summed E-state index contributed by atoms with van der Waals surface area (Å²) in [6.07, 6.45) is 1.23. The largest absolute Gasteiger partial charge is 0.493 e. The molecule has 0 saturated carbocycles. The molecule has 1 aliphatic rings. The lowest BCUT2D eigenvalue weighted by Gasteiger charge is -2.27. The third-order valence-electron chi connectivity index (χ3n) is 4.87. The van der Waals surface area contributed by atoms with Gasteiger partial charge in [-0.3, -0.25) is 4.79 Å². The Labute approximate surface area is 162 Å². The minimum Gasteiger partial charge on any atom is -0.493 e. The van der Waals surface area contributed by atoms with Crippen LogP contribution in [0.4, 0.5) is 0 Å². The minimum atomic E-state index is -0.236. The standard InChI is InChI=1S/C21H21N3O4/c1-26-17-8-7-14(11-18(17)27-2)12-19-22-23-20(28-19)21(25)24-10-9-15-5-3-4-6-16(15)13-24/h3-8,11H,9-10,12-13H2,1-2H3. The Bertz CT molecular complexity index is 999. The van der Waals surface area contributed by atoms with Crippen LogP contribution in [0.25, 0.3) is 0 Å². The van der Waals surface area contributed by atoms with Crippen molar-refractivity contribution in [2.75, 3.05) is 20.8 Å². The summed E-state index contributed by atoms with van der Waals surface area (Å²) in [6.45, 7) is 1.20. The number of aromatic nitrogens is 2. The Kier molecular flexibility index (Phi) is 4.97. The van der Waals surface area contributed by atoms with Crippen LogP contribution in [0.5, 0.6) is 11.5 Å². The van der Waals surface area contributed by atoms with E-state index in [0.717, 1.165) is 17.5 Å². The van der Waals surface area contributed by atoms with E-state index in [1.807, 2.05) is 36.4 Å². The Morgan fingerprint density at radius 1 is 1.07 bits per heavy atom. The Balaban J connectivity index is 1.47. The molecule has 0 N–H and O–H groups in total. The van der Waals surface area contributed by atoms with E-state index in [4.69, 9.17) is 13.9 Å². The van der Waals surface area contributed by atoms with Crippen molar-refractivity contribution in [3.63, 3.8) is 0 Å². The topological polar surface area (TPSA) is 77.7 Å². The van der Waals surface area contributed by atoms with Crippen LogP contribution in [0.15, 0.2) is 46.9 Å². The minimum absolute atomic E-state index is 0.0230. The summed E-state index contributed by atoms with van der Waals surface area (Å²) in [6, 6.07) is 13.7. The smallest absolute Gasteiger partial charge is 0.311 e. The molecule has 1 aromatic heterocycles. The fraction of sp³-hybridized carbons (Fsp3) is 0.286. The molecule has 1 aliphatic heterocycles. The molecule has 144 valence electrons. The number of ether oxygens (including phenoxy) is 2. The van der Waals surface area contributed by atoms with Crippen LogP contribution in [0.2, 0.25) is 0 Å². The first-order chi connectivity index (χ1) is 13.7. The lowest BCUT2D eigenvalue weighted by atomic mass is 10.00. The number of nitrogens with zero attached hydrogens (tertiary/aromatic N) is 3. The third kappa shape index (κ3) is 3.55. The van der Waals surface area contributed by atoms with Crippen molar-refractivity contribution in [3.05, 3.63) is 70.9 Å². The van der Waals surface area contributed by atoms with Crippen LogP contribution in [0.3, 0.4) is 0 Å². The van der Waals surface area contributed by atoms with Crippen molar-refractivity contribution in [3.8, 4) is 11.5 Å². The van der Waals surface area contributed by atoms with E-state index >= 15 is 0 Å². The average Bonchev–Trinajstić information content (AvgIpc) is 3.21. The molecule has 0 bridgehead atoms. The van der Waals surface area contributed by atoms with Gasteiger partial charge in [0.15, 0.2) is 11.5 Å². The van der Waals surface area contributed by atoms with Gasteiger partial charge in [0.2, 0.25) is 5.89 Å². The van der Waals surface area contributed by atoms with Gasteiger partial charge in [0.05, 0.1) is 20.6 Å². The first-order valence-corrected chi connectivity index (χ1v) is 9.07. The number of hydrogen-bond acceptors (Lipinski definition) is 6.